The molecular formula is C46H31NS. The molecule has 9 rings (SSSR count). The van der Waals surface area contributed by atoms with Crippen LogP contribution in [0, 0.1) is 0 Å². The SMILES string of the molecule is c1ccc(-c2ccc(N(c3ccc(-c4cccc5c(-c6ccccc6)cccc45)cc3)c3ccc4c(c3)sc3ccccc34)cc2)cc1. The average molecular weight is 630 g/mol. The van der Waals surface area contributed by atoms with Crippen LogP contribution in [0.2, 0.25) is 0 Å². The molecular weight excluding hydrogens is 599 g/mol. The molecule has 0 aliphatic carbocycles. The lowest BCUT2D eigenvalue weighted by Crippen LogP contribution is -2.09. The molecule has 0 radical (unpaired) electrons. The molecule has 226 valence electrons. The molecule has 0 N–H and O–H groups in total. The second-order valence-corrected chi connectivity index (χ2v) is 13.2. The first kappa shape index (κ1) is 28.3. The molecule has 2 heteroatoms. The summed E-state index contributed by atoms with van der Waals surface area (Å²) >= 11 is 1.86. The van der Waals surface area contributed by atoms with Crippen molar-refractivity contribution in [1.82, 2.24) is 0 Å². The van der Waals surface area contributed by atoms with Crippen molar-refractivity contribution in [1.29, 1.82) is 0 Å². The number of hydrogen-bond acceptors (Lipinski definition) is 2. The van der Waals surface area contributed by atoms with Gasteiger partial charge in [-0.05, 0) is 86.6 Å². The Morgan fingerprint density at radius 1 is 0.292 bits per heavy atom. The van der Waals surface area contributed by atoms with E-state index in [0.717, 1.165) is 17.1 Å². The Morgan fingerprint density at radius 2 is 0.750 bits per heavy atom. The highest BCUT2D eigenvalue weighted by Gasteiger charge is 2.16. The van der Waals surface area contributed by atoms with Crippen LogP contribution in [0.15, 0.2) is 188 Å². The van der Waals surface area contributed by atoms with Crippen molar-refractivity contribution < 1.29 is 0 Å². The van der Waals surface area contributed by atoms with E-state index in [-0.39, 0.29) is 0 Å². The normalized spacial score (nSPS) is 11.3. The summed E-state index contributed by atoms with van der Waals surface area (Å²) in [6.07, 6.45) is 0. The summed E-state index contributed by atoms with van der Waals surface area (Å²) in [6, 6.07) is 68.1. The van der Waals surface area contributed by atoms with E-state index >= 15 is 0 Å². The summed E-state index contributed by atoms with van der Waals surface area (Å²) in [5, 5.41) is 5.15. The highest BCUT2D eigenvalue weighted by atomic mass is 32.1. The molecule has 8 aromatic carbocycles. The summed E-state index contributed by atoms with van der Waals surface area (Å²) in [7, 11) is 0. The summed E-state index contributed by atoms with van der Waals surface area (Å²) in [5.74, 6) is 0. The fourth-order valence-electron chi connectivity index (χ4n) is 6.96. The minimum absolute atomic E-state index is 1.12. The van der Waals surface area contributed by atoms with Crippen LogP contribution in [-0.2, 0) is 0 Å². The van der Waals surface area contributed by atoms with E-state index < -0.39 is 0 Å². The highest BCUT2D eigenvalue weighted by molar-refractivity contribution is 7.25. The van der Waals surface area contributed by atoms with E-state index in [1.807, 2.05) is 11.3 Å². The molecule has 0 saturated carbocycles. The van der Waals surface area contributed by atoms with Gasteiger partial charge in [-0.25, -0.2) is 0 Å². The molecule has 48 heavy (non-hydrogen) atoms. The molecule has 0 bridgehead atoms. The van der Waals surface area contributed by atoms with Crippen LogP contribution < -0.4 is 4.90 Å². The monoisotopic (exact) mass is 629 g/mol. The van der Waals surface area contributed by atoms with Gasteiger partial charge in [0.05, 0.1) is 0 Å². The number of hydrogen-bond donors (Lipinski definition) is 0. The molecule has 1 heterocycles. The minimum atomic E-state index is 1.12. The topological polar surface area (TPSA) is 3.24 Å². The third-order valence-corrected chi connectivity index (χ3v) is 10.4. The zero-order valence-corrected chi connectivity index (χ0v) is 27.1. The summed E-state index contributed by atoms with van der Waals surface area (Å²) in [6.45, 7) is 0. The van der Waals surface area contributed by atoms with Gasteiger partial charge in [0, 0.05) is 37.2 Å². The van der Waals surface area contributed by atoms with Gasteiger partial charge in [-0.2, -0.15) is 0 Å². The predicted molar refractivity (Wildman–Crippen MR) is 208 cm³/mol. The van der Waals surface area contributed by atoms with E-state index in [1.165, 1.54) is 64.3 Å². The Balaban J connectivity index is 1.14. The highest BCUT2D eigenvalue weighted by Crippen LogP contribution is 2.42. The van der Waals surface area contributed by atoms with Crippen LogP contribution in [0.5, 0.6) is 0 Å². The molecule has 0 spiro atoms. The number of thiophene rings is 1. The van der Waals surface area contributed by atoms with Crippen LogP contribution in [-0.4, -0.2) is 0 Å². The summed E-state index contributed by atoms with van der Waals surface area (Å²) < 4.78 is 2.61. The summed E-state index contributed by atoms with van der Waals surface area (Å²) in [4.78, 5) is 2.37. The molecule has 1 nitrogen and oxygen atoms in total. The Kier molecular flexibility index (Phi) is 7.07. The van der Waals surface area contributed by atoms with E-state index in [4.69, 9.17) is 0 Å². The molecule has 0 amide bonds. The van der Waals surface area contributed by atoms with Crippen LogP contribution in [0.25, 0.3) is 64.3 Å². The van der Waals surface area contributed by atoms with Crippen molar-refractivity contribution in [2.75, 3.05) is 4.90 Å². The maximum atomic E-state index is 2.37. The maximum absolute atomic E-state index is 2.37. The average Bonchev–Trinajstić information content (AvgIpc) is 3.54. The molecule has 0 aliphatic heterocycles. The number of benzene rings is 8. The maximum Gasteiger partial charge on any atom is 0.0476 e. The lowest BCUT2D eigenvalue weighted by molar-refractivity contribution is 1.29. The number of nitrogens with zero attached hydrogens (tertiary/aromatic N) is 1. The molecule has 9 aromatic rings. The Bertz CT molecular complexity index is 2530. The first-order chi connectivity index (χ1) is 23.8. The predicted octanol–water partition coefficient (Wildman–Crippen LogP) is 13.7. The van der Waals surface area contributed by atoms with E-state index in [9.17, 15) is 0 Å². The number of anilines is 3. The lowest BCUT2D eigenvalue weighted by atomic mass is 9.93. The van der Waals surface area contributed by atoms with Gasteiger partial charge in [0.15, 0.2) is 0 Å². The van der Waals surface area contributed by atoms with Gasteiger partial charge < -0.3 is 4.90 Å². The van der Waals surface area contributed by atoms with Crippen molar-refractivity contribution in [3.63, 3.8) is 0 Å². The molecule has 0 atom stereocenters. The first-order valence-electron chi connectivity index (χ1n) is 16.3. The smallest absolute Gasteiger partial charge is 0.0476 e. The van der Waals surface area contributed by atoms with Gasteiger partial charge in [-0.1, -0.05) is 146 Å². The van der Waals surface area contributed by atoms with E-state index in [2.05, 4.69) is 193 Å². The zero-order chi connectivity index (χ0) is 31.9. The van der Waals surface area contributed by atoms with Gasteiger partial charge in [-0.15, -0.1) is 11.3 Å². The Morgan fingerprint density at radius 3 is 1.40 bits per heavy atom. The molecule has 0 fully saturated rings. The molecule has 1 aromatic heterocycles. The Labute approximate surface area is 284 Å². The minimum Gasteiger partial charge on any atom is -0.310 e. The third-order valence-electron chi connectivity index (χ3n) is 9.30. The van der Waals surface area contributed by atoms with Crippen molar-refractivity contribution >= 4 is 59.3 Å². The summed E-state index contributed by atoms with van der Waals surface area (Å²) in [5.41, 5.74) is 10.8. The van der Waals surface area contributed by atoms with Crippen molar-refractivity contribution in [3.8, 4) is 33.4 Å². The first-order valence-corrected chi connectivity index (χ1v) is 17.2. The van der Waals surface area contributed by atoms with Gasteiger partial charge >= 0.3 is 0 Å². The lowest BCUT2D eigenvalue weighted by Gasteiger charge is -2.26. The van der Waals surface area contributed by atoms with Gasteiger partial charge in [0.2, 0.25) is 0 Å². The van der Waals surface area contributed by atoms with Crippen LogP contribution in [0.3, 0.4) is 0 Å². The fourth-order valence-corrected chi connectivity index (χ4v) is 8.09. The standard InChI is InChI=1S/C46H31NS/c1-3-11-32(12-4-1)33-21-25-36(26-22-33)47(38-29-30-44-43-15-7-8-20-45(43)48-46(44)31-38)37-27-23-35(24-28-37)40-17-10-18-41-39(16-9-19-42(40)41)34-13-5-2-6-14-34/h1-31H. The number of fused-ring (bicyclic) bond motifs is 4. The molecule has 0 unspecified atom stereocenters. The van der Waals surface area contributed by atoms with Gasteiger partial charge in [0.1, 0.15) is 0 Å². The largest absolute Gasteiger partial charge is 0.310 e. The fraction of sp³-hybridized carbons (Fsp3) is 0. The van der Waals surface area contributed by atoms with E-state index in [1.54, 1.807) is 0 Å². The second-order valence-electron chi connectivity index (χ2n) is 12.1. The number of rotatable bonds is 6. The van der Waals surface area contributed by atoms with Crippen LogP contribution in [0.4, 0.5) is 17.1 Å². The van der Waals surface area contributed by atoms with Gasteiger partial charge in [0.25, 0.3) is 0 Å². The Hall–Kier alpha value is -5.96. The second kappa shape index (κ2) is 12.0. The molecule has 0 aliphatic rings. The van der Waals surface area contributed by atoms with Crippen molar-refractivity contribution in [3.05, 3.63) is 188 Å². The van der Waals surface area contributed by atoms with Crippen molar-refractivity contribution in [2.45, 2.75) is 0 Å². The van der Waals surface area contributed by atoms with Crippen molar-refractivity contribution in [2.24, 2.45) is 0 Å². The zero-order valence-electron chi connectivity index (χ0n) is 26.3. The van der Waals surface area contributed by atoms with Crippen LogP contribution in [0.1, 0.15) is 0 Å². The van der Waals surface area contributed by atoms with Gasteiger partial charge in [-0.3, -0.25) is 0 Å². The van der Waals surface area contributed by atoms with E-state index in [0.29, 0.717) is 0 Å². The molecule has 0 saturated heterocycles. The van der Waals surface area contributed by atoms with Crippen LogP contribution >= 0.6 is 11.3 Å². The quantitative estimate of drug-likeness (QED) is 0.177. The third kappa shape index (κ3) is 5.04.